The fourth-order valence-electron chi connectivity index (χ4n) is 2.15. The second kappa shape index (κ2) is 6.57. The predicted molar refractivity (Wildman–Crippen MR) is 89.2 cm³/mol. The number of aryl methyl sites for hydroxylation is 1. The monoisotopic (exact) mass is 328 g/mol. The first-order valence-corrected chi connectivity index (χ1v) is 7.81. The average Bonchev–Trinajstić information content (AvgIpc) is 3.17. The summed E-state index contributed by atoms with van der Waals surface area (Å²) >= 11 is 1.17. The fraction of sp³-hybridized carbons (Fsp3) is 0.200. The van der Waals surface area contributed by atoms with E-state index in [9.17, 15) is 4.79 Å². The molecule has 0 aliphatic heterocycles. The number of urea groups is 1. The Morgan fingerprint density at radius 3 is 2.83 bits per heavy atom. The van der Waals surface area contributed by atoms with Crippen molar-refractivity contribution in [2.24, 2.45) is 0 Å². The van der Waals surface area contributed by atoms with Gasteiger partial charge in [0.05, 0.1) is 18.4 Å². The van der Waals surface area contributed by atoms with Crippen molar-refractivity contribution < 1.29 is 4.79 Å². The Morgan fingerprint density at radius 1 is 1.35 bits per heavy atom. The van der Waals surface area contributed by atoms with Crippen molar-refractivity contribution in [2.75, 3.05) is 12.4 Å². The van der Waals surface area contributed by atoms with Gasteiger partial charge in [-0.05, 0) is 12.5 Å². The molecule has 118 valence electrons. The van der Waals surface area contributed by atoms with Crippen molar-refractivity contribution in [3.05, 3.63) is 47.9 Å². The lowest BCUT2D eigenvalue weighted by Gasteiger charge is -2.16. The van der Waals surface area contributed by atoms with Crippen LogP contribution in [0.4, 0.5) is 9.93 Å². The smallest absolute Gasteiger partial charge is 0.323 e. The van der Waals surface area contributed by atoms with E-state index < -0.39 is 0 Å². The number of aromatic nitrogens is 4. The molecule has 0 saturated carbocycles. The Morgan fingerprint density at radius 2 is 2.13 bits per heavy atom. The summed E-state index contributed by atoms with van der Waals surface area (Å²) in [5, 5.41) is 10.3. The maximum absolute atomic E-state index is 12.2. The first-order valence-electron chi connectivity index (χ1n) is 7.03. The lowest BCUT2D eigenvalue weighted by Crippen LogP contribution is -2.30. The Kier molecular flexibility index (Phi) is 4.33. The molecule has 0 aliphatic rings. The molecule has 1 aromatic carbocycles. The van der Waals surface area contributed by atoms with E-state index in [-0.39, 0.29) is 6.03 Å². The molecule has 2 amide bonds. The van der Waals surface area contributed by atoms with Gasteiger partial charge in [0.2, 0.25) is 5.13 Å². The molecule has 8 heteroatoms. The number of amides is 2. The summed E-state index contributed by atoms with van der Waals surface area (Å²) in [6.45, 7) is 2.22. The highest BCUT2D eigenvalue weighted by Gasteiger charge is 2.15. The minimum absolute atomic E-state index is 0.235. The van der Waals surface area contributed by atoms with Crippen LogP contribution in [0.2, 0.25) is 0 Å². The summed E-state index contributed by atoms with van der Waals surface area (Å²) in [6, 6.07) is 9.66. The molecule has 0 unspecified atom stereocenters. The zero-order valence-electron chi connectivity index (χ0n) is 12.8. The lowest BCUT2D eigenvalue weighted by molar-refractivity contribution is 0.221. The number of carbonyl (C=O) groups excluding carboxylic acids is 1. The number of nitrogens with zero attached hydrogens (tertiary/aromatic N) is 4. The van der Waals surface area contributed by atoms with E-state index in [0.717, 1.165) is 16.8 Å². The van der Waals surface area contributed by atoms with Crippen LogP contribution in [-0.2, 0) is 6.54 Å². The Labute approximate surface area is 137 Å². The van der Waals surface area contributed by atoms with Gasteiger partial charge in [-0.1, -0.05) is 30.3 Å². The second-order valence-corrected chi connectivity index (χ2v) is 5.82. The molecule has 2 N–H and O–H groups in total. The highest BCUT2D eigenvalue weighted by atomic mass is 32.1. The zero-order valence-corrected chi connectivity index (χ0v) is 13.6. The third-order valence-corrected chi connectivity index (χ3v) is 4.00. The summed E-state index contributed by atoms with van der Waals surface area (Å²) in [4.78, 5) is 17.9. The van der Waals surface area contributed by atoms with Crippen LogP contribution < -0.4 is 5.32 Å². The first kappa shape index (κ1) is 15.2. The molecular formula is C15H16N6OS. The van der Waals surface area contributed by atoms with Crippen LogP contribution in [0.3, 0.4) is 0 Å². The lowest BCUT2D eigenvalue weighted by atomic mass is 10.1. The number of hydrogen-bond donors (Lipinski definition) is 2. The van der Waals surface area contributed by atoms with Gasteiger partial charge >= 0.3 is 6.03 Å². The van der Waals surface area contributed by atoms with Crippen molar-refractivity contribution >= 4 is 22.7 Å². The summed E-state index contributed by atoms with van der Waals surface area (Å²) in [7, 11) is 1.73. The largest absolute Gasteiger partial charge is 0.323 e. The van der Waals surface area contributed by atoms with Crippen molar-refractivity contribution in [1.29, 1.82) is 0 Å². The molecule has 0 saturated heterocycles. The predicted octanol–water partition coefficient (Wildman–Crippen LogP) is 2.90. The van der Waals surface area contributed by atoms with E-state index in [0.29, 0.717) is 17.5 Å². The van der Waals surface area contributed by atoms with E-state index in [4.69, 9.17) is 0 Å². The summed E-state index contributed by atoms with van der Waals surface area (Å²) in [5.41, 5.74) is 2.90. The average molecular weight is 328 g/mol. The van der Waals surface area contributed by atoms with Gasteiger partial charge in [0.25, 0.3) is 0 Å². The number of aromatic amines is 1. The van der Waals surface area contributed by atoms with E-state index in [1.54, 1.807) is 25.1 Å². The Bertz CT molecular complexity index is 797. The number of rotatable bonds is 4. The van der Waals surface area contributed by atoms with E-state index >= 15 is 0 Å². The number of anilines is 1. The summed E-state index contributed by atoms with van der Waals surface area (Å²) in [5.74, 6) is 0.647. The van der Waals surface area contributed by atoms with Crippen LogP contribution in [-0.4, -0.2) is 37.5 Å². The zero-order chi connectivity index (χ0) is 16.2. The SMILES string of the molecule is Cc1nsc(NC(=O)N(C)Cc2cn[nH]c2-c2ccccc2)n1. The molecule has 0 atom stereocenters. The second-order valence-electron chi connectivity index (χ2n) is 5.07. The van der Waals surface area contributed by atoms with Crippen molar-refractivity contribution in [2.45, 2.75) is 13.5 Å². The van der Waals surface area contributed by atoms with Crippen molar-refractivity contribution in [3.8, 4) is 11.3 Å². The number of benzene rings is 1. The number of hydrogen-bond acceptors (Lipinski definition) is 5. The molecule has 0 radical (unpaired) electrons. The Hall–Kier alpha value is -2.74. The normalized spacial score (nSPS) is 10.5. The molecule has 3 aromatic rings. The van der Waals surface area contributed by atoms with Crippen LogP contribution in [0.25, 0.3) is 11.3 Å². The van der Waals surface area contributed by atoms with Crippen LogP contribution in [0.1, 0.15) is 11.4 Å². The van der Waals surface area contributed by atoms with E-state index in [1.807, 2.05) is 30.3 Å². The third kappa shape index (κ3) is 3.54. The molecule has 0 bridgehead atoms. The Balaban J connectivity index is 1.70. The van der Waals surface area contributed by atoms with Crippen LogP contribution in [0.15, 0.2) is 36.5 Å². The molecule has 3 rings (SSSR count). The number of nitrogens with one attached hydrogen (secondary N) is 2. The van der Waals surface area contributed by atoms with Gasteiger partial charge in [-0.25, -0.2) is 9.78 Å². The molecule has 0 spiro atoms. The minimum atomic E-state index is -0.235. The van der Waals surface area contributed by atoms with Gasteiger partial charge < -0.3 is 4.90 Å². The molecule has 7 nitrogen and oxygen atoms in total. The highest BCUT2D eigenvalue weighted by molar-refractivity contribution is 7.09. The molecule has 0 fully saturated rings. The van der Waals surface area contributed by atoms with Crippen LogP contribution in [0, 0.1) is 6.92 Å². The van der Waals surface area contributed by atoms with Gasteiger partial charge in [0.15, 0.2) is 0 Å². The summed E-state index contributed by atoms with van der Waals surface area (Å²) < 4.78 is 4.04. The molecule has 0 aliphatic carbocycles. The minimum Gasteiger partial charge on any atom is -0.323 e. The number of carbonyl (C=O) groups is 1. The van der Waals surface area contributed by atoms with Crippen molar-refractivity contribution in [3.63, 3.8) is 0 Å². The standard InChI is InChI=1S/C15H16N6OS/c1-10-17-14(23-20-10)18-15(22)21(2)9-12-8-16-19-13(12)11-6-4-3-5-7-11/h3-8H,9H2,1-2H3,(H,16,19)(H,17,18,20,22). The molecule has 2 aromatic heterocycles. The fourth-order valence-corrected chi connectivity index (χ4v) is 2.71. The summed E-state index contributed by atoms with van der Waals surface area (Å²) in [6.07, 6.45) is 1.74. The first-order chi connectivity index (χ1) is 11.1. The molecule has 23 heavy (non-hydrogen) atoms. The third-order valence-electron chi connectivity index (χ3n) is 3.28. The maximum Gasteiger partial charge on any atom is 0.323 e. The van der Waals surface area contributed by atoms with E-state index in [2.05, 4.69) is 24.9 Å². The van der Waals surface area contributed by atoms with Gasteiger partial charge in [0.1, 0.15) is 5.82 Å². The van der Waals surface area contributed by atoms with Gasteiger partial charge in [0, 0.05) is 24.1 Å². The maximum atomic E-state index is 12.2. The molecule has 2 heterocycles. The number of H-pyrrole nitrogens is 1. The van der Waals surface area contributed by atoms with Gasteiger partial charge in [-0.15, -0.1) is 0 Å². The van der Waals surface area contributed by atoms with Gasteiger partial charge in [-0.2, -0.15) is 9.47 Å². The van der Waals surface area contributed by atoms with Crippen LogP contribution in [0.5, 0.6) is 0 Å². The highest BCUT2D eigenvalue weighted by Crippen LogP contribution is 2.22. The molecular weight excluding hydrogens is 312 g/mol. The van der Waals surface area contributed by atoms with Crippen molar-refractivity contribution in [1.82, 2.24) is 24.5 Å². The van der Waals surface area contributed by atoms with E-state index in [1.165, 1.54) is 11.5 Å². The topological polar surface area (TPSA) is 86.8 Å². The van der Waals surface area contributed by atoms with Crippen LogP contribution >= 0.6 is 11.5 Å². The van der Waals surface area contributed by atoms with Gasteiger partial charge in [-0.3, -0.25) is 10.4 Å². The quantitative estimate of drug-likeness (QED) is 0.771.